The van der Waals surface area contributed by atoms with Crippen LogP contribution < -0.4 is 11.4 Å². The molecule has 0 saturated carbocycles. The van der Waals surface area contributed by atoms with Gasteiger partial charge in [0.25, 0.3) is 0 Å². The van der Waals surface area contributed by atoms with E-state index < -0.39 is 48.1 Å². The molecule has 11 heteroatoms. The average Bonchev–Trinajstić information content (AvgIpc) is 2.87. The topological polar surface area (TPSA) is 123 Å². The number of nitrogens with two attached hydrogens (primary N) is 1. The Labute approximate surface area is 166 Å². The minimum Gasteiger partial charge on any atom is -0.462 e. The van der Waals surface area contributed by atoms with Gasteiger partial charge in [0.15, 0.2) is 5.60 Å². The third-order valence-corrected chi connectivity index (χ3v) is 4.19. The van der Waals surface area contributed by atoms with Crippen molar-refractivity contribution in [2.75, 3.05) is 12.3 Å². The van der Waals surface area contributed by atoms with Gasteiger partial charge >= 0.3 is 23.6 Å². The van der Waals surface area contributed by atoms with Crippen molar-refractivity contribution in [3.63, 3.8) is 0 Å². The Kier molecular flexibility index (Phi) is 7.62. The Bertz CT molecular complexity index is 828. The van der Waals surface area contributed by atoms with E-state index in [0.717, 1.165) is 18.3 Å². The number of nitrogens with zero attached hydrogens (tertiary/aromatic N) is 2. The summed E-state index contributed by atoms with van der Waals surface area (Å²) in [6.07, 6.45) is -2.62. The number of aromatic nitrogens is 2. The van der Waals surface area contributed by atoms with Gasteiger partial charge in [0.1, 0.15) is 12.4 Å². The molecule has 0 amide bonds. The number of hydrogen-bond donors (Lipinski definition) is 1. The minimum absolute atomic E-state index is 0. The molecule has 1 aliphatic heterocycles. The molecule has 0 radical (unpaired) electrons. The van der Waals surface area contributed by atoms with E-state index >= 15 is 8.78 Å². The molecule has 0 spiro atoms. The van der Waals surface area contributed by atoms with E-state index in [2.05, 4.69) is 11.6 Å². The van der Waals surface area contributed by atoms with E-state index in [1.807, 2.05) is 0 Å². The molecule has 9 nitrogen and oxygen atoms in total. The molecule has 3 atom stereocenters. The van der Waals surface area contributed by atoms with Crippen LogP contribution in [-0.4, -0.2) is 45.7 Å². The Morgan fingerprint density at radius 3 is 2.52 bits per heavy atom. The third-order valence-electron chi connectivity index (χ3n) is 4.19. The number of carbonyl (C=O) groups is 2. The zero-order valence-electron chi connectivity index (χ0n) is 15.4. The SMILES string of the molecule is C.C=C[C@]1(COC(=O)CC)O[C@@H](n2ccc(N)nc2=O)C(F)(F)[C@@H]1OC(=O)CC. The van der Waals surface area contributed by atoms with E-state index in [1.54, 1.807) is 0 Å². The lowest BCUT2D eigenvalue weighted by Gasteiger charge is -2.30. The highest BCUT2D eigenvalue weighted by atomic mass is 19.3. The number of hydrogen-bond acceptors (Lipinski definition) is 8. The summed E-state index contributed by atoms with van der Waals surface area (Å²) in [4.78, 5) is 38.7. The second-order valence-electron chi connectivity index (χ2n) is 6.08. The van der Waals surface area contributed by atoms with E-state index in [-0.39, 0.29) is 26.1 Å². The Balaban J connectivity index is 0.00000420. The van der Waals surface area contributed by atoms with Crippen LogP contribution in [0.3, 0.4) is 0 Å². The lowest BCUT2D eigenvalue weighted by atomic mass is 9.95. The van der Waals surface area contributed by atoms with Gasteiger partial charge in [0.2, 0.25) is 12.3 Å². The number of rotatable bonds is 7. The van der Waals surface area contributed by atoms with Crippen LogP contribution in [0, 0.1) is 0 Å². The number of anilines is 1. The van der Waals surface area contributed by atoms with Crippen molar-refractivity contribution < 1.29 is 32.6 Å². The molecule has 1 fully saturated rings. The smallest absolute Gasteiger partial charge is 0.351 e. The van der Waals surface area contributed by atoms with Crippen molar-refractivity contribution in [2.45, 2.75) is 58.0 Å². The zero-order chi connectivity index (χ0) is 21.1. The van der Waals surface area contributed by atoms with Gasteiger partial charge in [-0.25, -0.2) is 4.79 Å². The monoisotopic (exact) mass is 417 g/mol. The van der Waals surface area contributed by atoms with E-state index in [0.29, 0.717) is 4.57 Å². The second-order valence-corrected chi connectivity index (χ2v) is 6.08. The molecule has 162 valence electrons. The van der Waals surface area contributed by atoms with Gasteiger partial charge in [0, 0.05) is 19.0 Å². The first kappa shape index (κ1) is 24.2. The number of alkyl halides is 2. The highest BCUT2D eigenvalue weighted by Crippen LogP contribution is 2.50. The molecule has 1 aromatic rings. The number of carbonyl (C=O) groups excluding carboxylic acids is 2. The quantitative estimate of drug-likeness (QED) is 0.527. The summed E-state index contributed by atoms with van der Waals surface area (Å²) < 4.78 is 46.3. The van der Waals surface area contributed by atoms with Crippen molar-refractivity contribution in [1.29, 1.82) is 0 Å². The molecule has 2 rings (SSSR count). The average molecular weight is 417 g/mol. The van der Waals surface area contributed by atoms with E-state index in [1.165, 1.54) is 13.8 Å². The van der Waals surface area contributed by atoms with E-state index in [9.17, 15) is 14.4 Å². The van der Waals surface area contributed by atoms with Gasteiger partial charge in [0.05, 0.1) is 0 Å². The van der Waals surface area contributed by atoms with Crippen molar-refractivity contribution in [1.82, 2.24) is 9.55 Å². The van der Waals surface area contributed by atoms with Crippen LogP contribution in [0.15, 0.2) is 29.7 Å². The van der Waals surface area contributed by atoms with Crippen LogP contribution in [-0.2, 0) is 23.8 Å². The third kappa shape index (κ3) is 4.61. The van der Waals surface area contributed by atoms with Crippen LogP contribution in [0.25, 0.3) is 0 Å². The van der Waals surface area contributed by atoms with Crippen LogP contribution in [0.2, 0.25) is 0 Å². The van der Waals surface area contributed by atoms with Crippen LogP contribution in [0.4, 0.5) is 14.6 Å². The summed E-state index contributed by atoms with van der Waals surface area (Å²) in [5.74, 6) is -5.64. The van der Waals surface area contributed by atoms with E-state index in [4.69, 9.17) is 19.9 Å². The summed E-state index contributed by atoms with van der Waals surface area (Å²) in [5, 5.41) is 0. The van der Waals surface area contributed by atoms with Gasteiger partial charge < -0.3 is 19.9 Å². The molecule has 29 heavy (non-hydrogen) atoms. The molecule has 2 heterocycles. The lowest BCUT2D eigenvalue weighted by Crippen LogP contribution is -2.51. The highest BCUT2D eigenvalue weighted by Gasteiger charge is 2.69. The molecular weight excluding hydrogens is 392 g/mol. The van der Waals surface area contributed by atoms with Crippen LogP contribution in [0.5, 0.6) is 0 Å². The second kappa shape index (κ2) is 9.12. The maximum Gasteiger partial charge on any atom is 0.351 e. The molecule has 1 saturated heterocycles. The summed E-state index contributed by atoms with van der Waals surface area (Å²) in [7, 11) is 0. The largest absolute Gasteiger partial charge is 0.462 e. The number of esters is 2. The summed E-state index contributed by atoms with van der Waals surface area (Å²) in [6, 6.07) is 1.14. The summed E-state index contributed by atoms with van der Waals surface area (Å²) in [5.41, 5.74) is 2.22. The highest BCUT2D eigenvalue weighted by molar-refractivity contribution is 5.70. The van der Waals surface area contributed by atoms with Gasteiger partial charge in [-0.1, -0.05) is 33.9 Å². The lowest BCUT2D eigenvalue weighted by molar-refractivity contribution is -0.179. The van der Waals surface area contributed by atoms with Gasteiger partial charge in [-0.2, -0.15) is 13.8 Å². The molecule has 1 aromatic heterocycles. The van der Waals surface area contributed by atoms with Crippen molar-refractivity contribution >= 4 is 17.8 Å². The van der Waals surface area contributed by atoms with Gasteiger partial charge in [-0.3, -0.25) is 14.2 Å². The Morgan fingerprint density at radius 1 is 1.38 bits per heavy atom. The van der Waals surface area contributed by atoms with Crippen molar-refractivity contribution in [3.8, 4) is 0 Å². The predicted octanol–water partition coefficient (Wildman–Crippen LogP) is 1.83. The van der Waals surface area contributed by atoms with Crippen LogP contribution in [0.1, 0.15) is 40.3 Å². The fraction of sp³-hybridized carbons (Fsp3) is 0.556. The first-order chi connectivity index (χ1) is 13.1. The fourth-order valence-electron chi connectivity index (χ4n) is 2.66. The molecule has 0 unspecified atom stereocenters. The maximum atomic E-state index is 15.2. The number of nitrogen functional groups attached to an aromatic ring is 1. The normalized spacial score (nSPS) is 25.0. The maximum absolute atomic E-state index is 15.2. The molecule has 0 bridgehead atoms. The molecule has 1 aliphatic rings. The van der Waals surface area contributed by atoms with Crippen molar-refractivity contribution in [2.24, 2.45) is 0 Å². The van der Waals surface area contributed by atoms with Crippen LogP contribution >= 0.6 is 0 Å². The Morgan fingerprint density at radius 2 is 2.00 bits per heavy atom. The first-order valence-electron chi connectivity index (χ1n) is 8.50. The minimum atomic E-state index is -3.88. The molecular formula is C18H25F2N3O6. The zero-order valence-corrected chi connectivity index (χ0v) is 15.4. The fourth-order valence-corrected chi connectivity index (χ4v) is 2.66. The van der Waals surface area contributed by atoms with Gasteiger partial charge in [-0.15, -0.1) is 0 Å². The molecule has 0 aliphatic carbocycles. The number of ether oxygens (including phenoxy) is 3. The molecule has 2 N–H and O–H groups in total. The molecule has 0 aromatic carbocycles. The summed E-state index contributed by atoms with van der Waals surface area (Å²) in [6.45, 7) is 5.73. The van der Waals surface area contributed by atoms with Gasteiger partial charge in [-0.05, 0) is 6.07 Å². The Hall–Kier alpha value is -2.82. The van der Waals surface area contributed by atoms with Crippen molar-refractivity contribution in [3.05, 3.63) is 35.4 Å². The number of halogens is 2. The summed E-state index contributed by atoms with van der Waals surface area (Å²) >= 11 is 0. The first-order valence-corrected chi connectivity index (χ1v) is 8.50. The predicted molar refractivity (Wildman–Crippen MR) is 99.1 cm³/mol. The standard InChI is InChI=1S/C17H21F2N3O6.CH4/c1-4-11(23)26-9-16(6-3)13(27-12(24)5-2)17(18,19)14(28-16)22-8-7-10(20)21-15(22)25;/h6-8,13-14H,3-5,9H2,1-2H3,(H2,20,21,25);1H4/t13-,14-,16-;/m1./s1.